The summed E-state index contributed by atoms with van der Waals surface area (Å²) in [4.78, 5) is 23.0. The van der Waals surface area contributed by atoms with Gasteiger partial charge in [0.2, 0.25) is 5.91 Å². The lowest BCUT2D eigenvalue weighted by Gasteiger charge is -2.26. The smallest absolute Gasteiger partial charge is 0.332 e. The summed E-state index contributed by atoms with van der Waals surface area (Å²) in [5.41, 5.74) is 0.00380. The first-order valence-electron chi connectivity index (χ1n) is 5.13. The summed E-state index contributed by atoms with van der Waals surface area (Å²) in [6, 6.07) is 0. The van der Waals surface area contributed by atoms with Crippen molar-refractivity contribution in [2.24, 2.45) is 0 Å². The molecule has 1 fully saturated rings. The zero-order chi connectivity index (χ0) is 11.5. The van der Waals surface area contributed by atoms with Crippen LogP contribution in [0.3, 0.4) is 0 Å². The van der Waals surface area contributed by atoms with Gasteiger partial charge in [-0.25, -0.2) is 4.79 Å². The topological polar surface area (TPSA) is 55.4 Å². The van der Waals surface area contributed by atoms with Gasteiger partial charge in [0.15, 0.2) is 0 Å². The lowest BCUT2D eigenvalue weighted by molar-refractivity contribution is -0.151. The third-order valence-corrected chi connectivity index (χ3v) is 2.43. The van der Waals surface area contributed by atoms with Crippen LogP contribution >= 0.6 is 0 Å². The Bertz CT molecular complexity index is 298. The number of carbonyl (C=O) groups is 2. The van der Waals surface area contributed by atoms with Crippen LogP contribution in [-0.2, 0) is 14.3 Å². The Hall–Kier alpha value is -1.32. The number of ether oxygens (including phenoxy) is 1. The molecule has 4 heteroatoms. The average molecular weight is 211 g/mol. The molecule has 1 saturated heterocycles. The molecule has 15 heavy (non-hydrogen) atoms. The van der Waals surface area contributed by atoms with E-state index in [9.17, 15) is 9.59 Å². The number of hydrogen-bond donors (Lipinski definition) is 1. The fraction of sp³-hybridized carbons (Fsp3) is 0.636. The zero-order valence-corrected chi connectivity index (χ0v) is 9.26. The largest absolute Gasteiger partial charge is 0.464 e. The third-order valence-electron chi connectivity index (χ3n) is 2.43. The first-order valence-corrected chi connectivity index (χ1v) is 5.13. The molecular weight excluding hydrogens is 194 g/mol. The van der Waals surface area contributed by atoms with Crippen molar-refractivity contribution in [2.75, 3.05) is 6.61 Å². The van der Waals surface area contributed by atoms with E-state index in [-0.39, 0.29) is 11.9 Å². The molecule has 4 nitrogen and oxygen atoms in total. The number of hydrogen-bond acceptors (Lipinski definition) is 3. The van der Waals surface area contributed by atoms with Crippen LogP contribution < -0.4 is 5.32 Å². The summed E-state index contributed by atoms with van der Waals surface area (Å²) in [7, 11) is 0. The Balaban J connectivity index is 2.81. The number of carbonyl (C=O) groups excluding carboxylic acids is 2. The minimum absolute atomic E-state index is 0.0932. The van der Waals surface area contributed by atoms with Crippen molar-refractivity contribution < 1.29 is 14.3 Å². The maximum atomic E-state index is 11.8. The van der Waals surface area contributed by atoms with Crippen LogP contribution in [0.4, 0.5) is 0 Å². The number of rotatable bonds is 4. The standard InChI is InChI=1S/C11H17NO3/c1-4-15-10(14)11(7-8(2)3)6-5-9(13)12-11/h2,4-7H2,1,3H3,(H,12,13). The molecule has 0 bridgehead atoms. The number of amides is 1. The molecule has 1 rings (SSSR count). The quantitative estimate of drug-likeness (QED) is 0.561. The van der Waals surface area contributed by atoms with Gasteiger partial charge in [0.05, 0.1) is 6.61 Å². The van der Waals surface area contributed by atoms with Crippen molar-refractivity contribution in [1.82, 2.24) is 5.32 Å². The minimum atomic E-state index is -0.862. The summed E-state index contributed by atoms with van der Waals surface area (Å²) in [6.45, 7) is 7.69. The van der Waals surface area contributed by atoms with Crippen LogP contribution in [0.2, 0.25) is 0 Å². The van der Waals surface area contributed by atoms with Gasteiger partial charge in [-0.15, -0.1) is 6.58 Å². The molecule has 1 unspecified atom stereocenters. The molecule has 0 spiro atoms. The SMILES string of the molecule is C=C(C)CC1(C(=O)OCC)CCC(=O)N1. The van der Waals surface area contributed by atoms with Crippen molar-refractivity contribution in [3.63, 3.8) is 0 Å². The van der Waals surface area contributed by atoms with E-state index in [2.05, 4.69) is 11.9 Å². The van der Waals surface area contributed by atoms with E-state index < -0.39 is 5.54 Å². The summed E-state index contributed by atoms with van der Waals surface area (Å²) < 4.78 is 4.98. The Morgan fingerprint density at radius 3 is 2.73 bits per heavy atom. The molecule has 1 aliphatic rings. The van der Waals surface area contributed by atoms with Crippen LogP contribution in [0.5, 0.6) is 0 Å². The molecule has 0 aromatic carbocycles. The molecular formula is C11H17NO3. The fourth-order valence-corrected chi connectivity index (χ4v) is 1.86. The molecule has 84 valence electrons. The number of esters is 1. The van der Waals surface area contributed by atoms with E-state index in [1.165, 1.54) is 0 Å². The molecule has 0 saturated carbocycles. The highest BCUT2D eigenvalue weighted by Crippen LogP contribution is 2.28. The first kappa shape index (κ1) is 11.8. The normalized spacial score (nSPS) is 24.8. The van der Waals surface area contributed by atoms with Crippen molar-refractivity contribution in [3.05, 3.63) is 12.2 Å². The molecule has 1 amide bonds. The Morgan fingerprint density at radius 1 is 1.67 bits per heavy atom. The maximum absolute atomic E-state index is 11.8. The zero-order valence-electron chi connectivity index (χ0n) is 9.26. The summed E-state index contributed by atoms with van der Waals surface area (Å²) in [5, 5.41) is 2.71. The second-order valence-corrected chi connectivity index (χ2v) is 3.98. The van der Waals surface area contributed by atoms with Crippen LogP contribution in [0.25, 0.3) is 0 Å². The van der Waals surface area contributed by atoms with Gasteiger partial charge in [0.25, 0.3) is 0 Å². The summed E-state index contributed by atoms with van der Waals surface area (Å²) in [5.74, 6) is -0.442. The van der Waals surface area contributed by atoms with Gasteiger partial charge in [-0.05, 0) is 20.3 Å². The Morgan fingerprint density at radius 2 is 2.33 bits per heavy atom. The van der Waals surface area contributed by atoms with Gasteiger partial charge in [-0.3, -0.25) is 4.79 Å². The molecule has 1 aliphatic heterocycles. The van der Waals surface area contributed by atoms with Gasteiger partial charge in [-0.1, -0.05) is 5.57 Å². The van der Waals surface area contributed by atoms with Gasteiger partial charge < -0.3 is 10.1 Å². The highest BCUT2D eigenvalue weighted by molar-refractivity contribution is 5.92. The van der Waals surface area contributed by atoms with Crippen molar-refractivity contribution in [1.29, 1.82) is 0 Å². The number of nitrogens with one attached hydrogen (secondary N) is 1. The molecule has 1 atom stereocenters. The van der Waals surface area contributed by atoms with E-state index in [1.807, 2.05) is 6.92 Å². The average Bonchev–Trinajstić information content (AvgIpc) is 2.48. The maximum Gasteiger partial charge on any atom is 0.332 e. The fourth-order valence-electron chi connectivity index (χ4n) is 1.86. The van der Waals surface area contributed by atoms with Crippen molar-refractivity contribution in [2.45, 2.75) is 38.6 Å². The highest BCUT2D eigenvalue weighted by atomic mass is 16.5. The first-order chi connectivity index (χ1) is 7.00. The van der Waals surface area contributed by atoms with Gasteiger partial charge >= 0.3 is 5.97 Å². The van der Waals surface area contributed by atoms with E-state index in [4.69, 9.17) is 4.74 Å². The van der Waals surface area contributed by atoms with Gasteiger partial charge in [-0.2, -0.15) is 0 Å². The molecule has 1 heterocycles. The monoisotopic (exact) mass is 211 g/mol. The predicted octanol–water partition coefficient (Wildman–Crippen LogP) is 1.16. The molecule has 0 aliphatic carbocycles. The molecule has 0 aromatic rings. The van der Waals surface area contributed by atoms with Gasteiger partial charge in [0, 0.05) is 12.8 Å². The third kappa shape index (κ3) is 2.58. The second kappa shape index (κ2) is 4.47. The summed E-state index contributed by atoms with van der Waals surface area (Å²) in [6.07, 6.45) is 1.33. The van der Waals surface area contributed by atoms with Crippen LogP contribution in [-0.4, -0.2) is 24.0 Å². The Kier molecular flexibility index (Phi) is 3.50. The molecule has 0 radical (unpaired) electrons. The Labute approximate surface area is 89.7 Å². The molecule has 0 aromatic heterocycles. The van der Waals surface area contributed by atoms with Crippen LogP contribution in [0.15, 0.2) is 12.2 Å². The van der Waals surface area contributed by atoms with Crippen molar-refractivity contribution >= 4 is 11.9 Å². The molecule has 1 N–H and O–H groups in total. The highest BCUT2D eigenvalue weighted by Gasteiger charge is 2.45. The van der Waals surface area contributed by atoms with E-state index in [0.29, 0.717) is 25.9 Å². The predicted molar refractivity (Wildman–Crippen MR) is 56.2 cm³/mol. The van der Waals surface area contributed by atoms with E-state index >= 15 is 0 Å². The van der Waals surface area contributed by atoms with Crippen LogP contribution in [0.1, 0.15) is 33.1 Å². The minimum Gasteiger partial charge on any atom is -0.464 e. The lowest BCUT2D eigenvalue weighted by Crippen LogP contribution is -2.50. The van der Waals surface area contributed by atoms with E-state index in [0.717, 1.165) is 5.57 Å². The lowest BCUT2D eigenvalue weighted by atomic mass is 9.90. The van der Waals surface area contributed by atoms with Gasteiger partial charge in [0.1, 0.15) is 5.54 Å². The van der Waals surface area contributed by atoms with Crippen molar-refractivity contribution in [3.8, 4) is 0 Å². The van der Waals surface area contributed by atoms with Crippen LogP contribution in [0, 0.1) is 0 Å². The summed E-state index contributed by atoms with van der Waals surface area (Å²) >= 11 is 0. The van der Waals surface area contributed by atoms with E-state index in [1.54, 1.807) is 6.92 Å². The second-order valence-electron chi connectivity index (χ2n) is 3.98.